The smallest absolute Gasteiger partial charge is 0.410 e. The van der Waals surface area contributed by atoms with Gasteiger partial charge in [0.1, 0.15) is 0 Å². The minimum Gasteiger partial charge on any atom is -0.450 e. The van der Waals surface area contributed by atoms with Crippen molar-refractivity contribution in [1.82, 2.24) is 4.90 Å². The summed E-state index contributed by atoms with van der Waals surface area (Å²) in [6, 6.07) is 5.29. The summed E-state index contributed by atoms with van der Waals surface area (Å²) in [6.07, 6.45) is -0.364. The number of amides is 1. The molecule has 104 valence electrons. The van der Waals surface area contributed by atoms with Gasteiger partial charge in [-0.15, -0.1) is 0 Å². The maximum atomic E-state index is 11.8. The van der Waals surface area contributed by atoms with E-state index in [2.05, 4.69) is 6.58 Å². The number of hydrogen-bond acceptors (Lipinski definition) is 2. The van der Waals surface area contributed by atoms with Crippen LogP contribution in [0, 0.1) is 0 Å². The molecular formula is C14H17Cl2NO2. The summed E-state index contributed by atoms with van der Waals surface area (Å²) >= 11 is 11.8. The Balaban J connectivity index is 2.83. The first-order valence-corrected chi connectivity index (χ1v) is 6.69. The molecule has 0 saturated heterocycles. The lowest BCUT2D eigenvalue weighted by atomic mass is 10.2. The number of nitrogens with zero attached hydrogens (tertiary/aromatic N) is 1. The van der Waals surface area contributed by atoms with Gasteiger partial charge >= 0.3 is 6.09 Å². The molecule has 0 aliphatic carbocycles. The van der Waals surface area contributed by atoms with Crippen LogP contribution in [0.25, 0.3) is 0 Å². The average molecular weight is 302 g/mol. The van der Waals surface area contributed by atoms with Gasteiger partial charge in [0, 0.05) is 13.1 Å². The molecule has 0 fully saturated rings. The van der Waals surface area contributed by atoms with Crippen molar-refractivity contribution >= 4 is 29.3 Å². The van der Waals surface area contributed by atoms with Crippen molar-refractivity contribution in [2.75, 3.05) is 13.2 Å². The van der Waals surface area contributed by atoms with Crippen LogP contribution >= 0.6 is 23.2 Å². The van der Waals surface area contributed by atoms with Gasteiger partial charge in [0.2, 0.25) is 0 Å². The summed E-state index contributed by atoms with van der Waals surface area (Å²) in [7, 11) is 0. The topological polar surface area (TPSA) is 29.5 Å². The van der Waals surface area contributed by atoms with Crippen LogP contribution in [0.3, 0.4) is 0 Å². The SMILES string of the molecule is C=C(C)CN(Cc1ccc(Cl)c(Cl)c1)C(=O)OCC. The second kappa shape index (κ2) is 7.41. The average Bonchev–Trinajstić information content (AvgIpc) is 2.33. The molecular weight excluding hydrogens is 285 g/mol. The Kier molecular flexibility index (Phi) is 6.19. The van der Waals surface area contributed by atoms with Crippen LogP contribution in [0.4, 0.5) is 4.79 Å². The van der Waals surface area contributed by atoms with Gasteiger partial charge in [0.25, 0.3) is 0 Å². The van der Waals surface area contributed by atoms with Crippen LogP contribution in [0.5, 0.6) is 0 Å². The highest BCUT2D eigenvalue weighted by Crippen LogP contribution is 2.23. The fourth-order valence-electron chi connectivity index (χ4n) is 1.58. The molecule has 0 atom stereocenters. The van der Waals surface area contributed by atoms with Crippen LogP contribution in [-0.2, 0) is 11.3 Å². The summed E-state index contributed by atoms with van der Waals surface area (Å²) in [5.74, 6) is 0. The van der Waals surface area contributed by atoms with Crippen molar-refractivity contribution in [3.8, 4) is 0 Å². The largest absolute Gasteiger partial charge is 0.450 e. The van der Waals surface area contributed by atoms with Crippen LogP contribution in [0.15, 0.2) is 30.4 Å². The molecule has 0 unspecified atom stereocenters. The molecule has 0 aliphatic heterocycles. The molecule has 0 saturated carbocycles. The standard InChI is InChI=1S/C14H17Cl2NO2/c1-4-19-14(18)17(8-10(2)3)9-11-5-6-12(15)13(16)7-11/h5-7H,2,4,8-9H2,1,3H3. The van der Waals surface area contributed by atoms with E-state index in [9.17, 15) is 4.79 Å². The normalized spacial score (nSPS) is 10.1. The van der Waals surface area contributed by atoms with Crippen molar-refractivity contribution in [3.05, 3.63) is 46.0 Å². The Hall–Kier alpha value is -1.19. The lowest BCUT2D eigenvalue weighted by molar-refractivity contribution is 0.108. The zero-order chi connectivity index (χ0) is 14.4. The van der Waals surface area contributed by atoms with Crippen molar-refractivity contribution in [2.24, 2.45) is 0 Å². The lowest BCUT2D eigenvalue weighted by Crippen LogP contribution is -2.32. The molecule has 0 heterocycles. The monoisotopic (exact) mass is 301 g/mol. The predicted octanol–water partition coefficient (Wildman–Crippen LogP) is 4.53. The summed E-state index contributed by atoms with van der Waals surface area (Å²) in [6.45, 7) is 8.64. The third kappa shape index (κ3) is 5.13. The fourth-order valence-corrected chi connectivity index (χ4v) is 1.90. The highest BCUT2D eigenvalue weighted by Gasteiger charge is 2.15. The van der Waals surface area contributed by atoms with Crippen LogP contribution in [0.1, 0.15) is 19.4 Å². The molecule has 0 aliphatic rings. The Morgan fingerprint density at radius 2 is 2.05 bits per heavy atom. The molecule has 19 heavy (non-hydrogen) atoms. The summed E-state index contributed by atoms with van der Waals surface area (Å²) in [5, 5.41) is 0.964. The first-order chi connectivity index (χ1) is 8.93. The van der Waals surface area contributed by atoms with E-state index in [1.165, 1.54) is 0 Å². The second-order valence-electron chi connectivity index (χ2n) is 4.26. The summed E-state index contributed by atoms with van der Waals surface area (Å²) in [4.78, 5) is 13.4. The van der Waals surface area contributed by atoms with Gasteiger partial charge in [-0.1, -0.05) is 41.4 Å². The van der Waals surface area contributed by atoms with Crippen molar-refractivity contribution < 1.29 is 9.53 Å². The molecule has 0 N–H and O–H groups in total. The minimum atomic E-state index is -0.364. The maximum absolute atomic E-state index is 11.8. The lowest BCUT2D eigenvalue weighted by Gasteiger charge is -2.22. The Bertz CT molecular complexity index is 475. The van der Waals surface area contributed by atoms with Gasteiger partial charge in [-0.2, -0.15) is 0 Å². The number of hydrogen-bond donors (Lipinski definition) is 0. The zero-order valence-corrected chi connectivity index (χ0v) is 12.6. The molecule has 1 rings (SSSR count). The number of carbonyl (C=O) groups excluding carboxylic acids is 1. The number of ether oxygens (including phenoxy) is 1. The molecule has 5 heteroatoms. The number of benzene rings is 1. The molecule has 1 aromatic rings. The summed E-state index contributed by atoms with van der Waals surface area (Å²) < 4.78 is 5.02. The van der Waals surface area contributed by atoms with Gasteiger partial charge < -0.3 is 4.74 Å². The molecule has 1 amide bonds. The highest BCUT2D eigenvalue weighted by molar-refractivity contribution is 6.42. The first kappa shape index (κ1) is 15.9. The fraction of sp³-hybridized carbons (Fsp3) is 0.357. The van der Waals surface area contributed by atoms with Gasteiger partial charge in [-0.3, -0.25) is 4.90 Å². The third-order valence-electron chi connectivity index (χ3n) is 2.34. The summed E-state index contributed by atoms with van der Waals surface area (Å²) in [5.41, 5.74) is 1.77. The molecule has 0 radical (unpaired) electrons. The second-order valence-corrected chi connectivity index (χ2v) is 5.07. The molecule has 0 aromatic heterocycles. The Labute approximate surface area is 123 Å². The molecule has 0 spiro atoms. The van der Waals surface area contributed by atoms with Crippen molar-refractivity contribution in [3.63, 3.8) is 0 Å². The van der Waals surface area contributed by atoms with E-state index in [1.807, 2.05) is 13.0 Å². The molecule has 3 nitrogen and oxygen atoms in total. The highest BCUT2D eigenvalue weighted by atomic mass is 35.5. The van der Waals surface area contributed by atoms with E-state index >= 15 is 0 Å². The van der Waals surface area contributed by atoms with Crippen molar-refractivity contribution in [1.29, 1.82) is 0 Å². The van der Waals surface area contributed by atoms with Crippen LogP contribution < -0.4 is 0 Å². The van der Waals surface area contributed by atoms with Crippen LogP contribution in [-0.4, -0.2) is 24.1 Å². The zero-order valence-electron chi connectivity index (χ0n) is 11.1. The van der Waals surface area contributed by atoms with E-state index in [0.717, 1.165) is 11.1 Å². The van der Waals surface area contributed by atoms with E-state index in [1.54, 1.807) is 24.0 Å². The minimum absolute atomic E-state index is 0.340. The predicted molar refractivity (Wildman–Crippen MR) is 78.7 cm³/mol. The Morgan fingerprint density at radius 3 is 2.58 bits per heavy atom. The third-order valence-corrected chi connectivity index (χ3v) is 3.08. The van der Waals surface area contributed by atoms with Gasteiger partial charge in [-0.25, -0.2) is 4.79 Å². The van der Waals surface area contributed by atoms with Crippen LogP contribution in [0.2, 0.25) is 10.0 Å². The molecule has 0 bridgehead atoms. The number of carbonyl (C=O) groups is 1. The number of rotatable bonds is 5. The van der Waals surface area contributed by atoms with Gasteiger partial charge in [0.05, 0.1) is 16.7 Å². The quantitative estimate of drug-likeness (QED) is 0.748. The molecule has 1 aromatic carbocycles. The van der Waals surface area contributed by atoms with E-state index in [0.29, 0.717) is 29.7 Å². The Morgan fingerprint density at radius 1 is 1.37 bits per heavy atom. The number of halogens is 2. The van der Waals surface area contributed by atoms with E-state index in [4.69, 9.17) is 27.9 Å². The van der Waals surface area contributed by atoms with Gasteiger partial charge in [0.15, 0.2) is 0 Å². The van der Waals surface area contributed by atoms with Crippen molar-refractivity contribution in [2.45, 2.75) is 20.4 Å². The van der Waals surface area contributed by atoms with Gasteiger partial charge in [-0.05, 0) is 31.5 Å². The van der Waals surface area contributed by atoms with E-state index < -0.39 is 0 Å². The maximum Gasteiger partial charge on any atom is 0.410 e. The first-order valence-electron chi connectivity index (χ1n) is 5.94. The van der Waals surface area contributed by atoms with E-state index in [-0.39, 0.29) is 6.09 Å².